The highest BCUT2D eigenvalue weighted by atomic mass is 35.5. The van der Waals surface area contributed by atoms with Gasteiger partial charge in [-0.05, 0) is 48.5 Å². The number of hydrogen-bond acceptors (Lipinski definition) is 4. The molecule has 0 aliphatic heterocycles. The van der Waals surface area contributed by atoms with Crippen molar-refractivity contribution in [1.82, 2.24) is 0 Å². The number of carbonyl (C=O) groups excluding carboxylic acids is 2. The molecule has 0 heterocycles. The Morgan fingerprint density at radius 2 is 1.59 bits per heavy atom. The van der Waals surface area contributed by atoms with Crippen LogP contribution in [0, 0.1) is 5.82 Å². The van der Waals surface area contributed by atoms with E-state index in [4.69, 9.17) is 21.1 Å². The number of rotatable bonds is 7. The quantitative estimate of drug-likeness (QED) is 0.566. The first kappa shape index (κ1) is 20.4. The van der Waals surface area contributed by atoms with Crippen LogP contribution in [0.25, 0.3) is 0 Å². The van der Waals surface area contributed by atoms with Gasteiger partial charge in [-0.15, -0.1) is 0 Å². The van der Waals surface area contributed by atoms with Crippen molar-refractivity contribution in [2.24, 2.45) is 0 Å². The summed E-state index contributed by atoms with van der Waals surface area (Å²) < 4.78 is 23.8. The summed E-state index contributed by atoms with van der Waals surface area (Å²) in [4.78, 5) is 25.0. The second kappa shape index (κ2) is 9.71. The van der Waals surface area contributed by atoms with Crippen LogP contribution in [0.5, 0.6) is 5.75 Å². The van der Waals surface area contributed by atoms with Gasteiger partial charge in [0, 0.05) is 16.3 Å². The molecule has 5 nitrogen and oxygen atoms in total. The Hall–Kier alpha value is -3.38. The van der Waals surface area contributed by atoms with Crippen LogP contribution in [0.3, 0.4) is 0 Å². The molecule has 7 heteroatoms. The molecule has 0 saturated heterocycles. The maximum atomic E-state index is 13.1. The fourth-order valence-electron chi connectivity index (χ4n) is 2.48. The maximum Gasteiger partial charge on any atom is 0.345 e. The number of benzene rings is 3. The highest BCUT2D eigenvalue weighted by Crippen LogP contribution is 2.21. The number of amides is 1. The van der Waals surface area contributed by atoms with Gasteiger partial charge in [-0.1, -0.05) is 41.9 Å². The summed E-state index contributed by atoms with van der Waals surface area (Å²) in [6, 6.07) is 20.3. The van der Waals surface area contributed by atoms with Gasteiger partial charge in [0.2, 0.25) is 6.10 Å². The van der Waals surface area contributed by atoms with Gasteiger partial charge in [0.05, 0.1) is 0 Å². The van der Waals surface area contributed by atoms with E-state index < -0.39 is 23.8 Å². The number of halogens is 2. The van der Waals surface area contributed by atoms with Crippen molar-refractivity contribution in [1.29, 1.82) is 0 Å². The molecule has 29 heavy (non-hydrogen) atoms. The van der Waals surface area contributed by atoms with Crippen LogP contribution in [0.15, 0.2) is 78.9 Å². The summed E-state index contributed by atoms with van der Waals surface area (Å²) in [5, 5.41) is 3.16. The molecule has 3 aromatic carbocycles. The first-order valence-corrected chi connectivity index (χ1v) is 9.08. The van der Waals surface area contributed by atoms with Crippen molar-refractivity contribution in [3.8, 4) is 5.75 Å². The molecule has 0 unspecified atom stereocenters. The summed E-state index contributed by atoms with van der Waals surface area (Å²) in [6.45, 7) is -0.380. The summed E-state index contributed by atoms with van der Waals surface area (Å²) in [6.07, 6.45) is -1.19. The fraction of sp³-hybridized carbons (Fsp3) is 0.0909. The Morgan fingerprint density at radius 1 is 0.931 bits per heavy atom. The zero-order chi connectivity index (χ0) is 20.6. The smallest absolute Gasteiger partial charge is 0.345 e. The molecule has 0 saturated carbocycles. The lowest BCUT2D eigenvalue weighted by Gasteiger charge is -2.18. The molecule has 1 N–H and O–H groups in total. The van der Waals surface area contributed by atoms with Crippen LogP contribution in [-0.2, 0) is 14.3 Å². The number of nitrogens with one attached hydrogen (secondary N) is 1. The highest BCUT2D eigenvalue weighted by Gasteiger charge is 2.25. The van der Waals surface area contributed by atoms with E-state index in [1.165, 1.54) is 24.3 Å². The average molecular weight is 414 g/mol. The van der Waals surface area contributed by atoms with Gasteiger partial charge >= 0.3 is 5.97 Å². The summed E-state index contributed by atoms with van der Waals surface area (Å²) >= 11 is 5.81. The van der Waals surface area contributed by atoms with E-state index in [-0.39, 0.29) is 6.61 Å². The monoisotopic (exact) mass is 413 g/mol. The van der Waals surface area contributed by atoms with Gasteiger partial charge in [-0.3, -0.25) is 4.79 Å². The molecule has 3 rings (SSSR count). The van der Waals surface area contributed by atoms with Gasteiger partial charge in [0.25, 0.3) is 5.91 Å². The van der Waals surface area contributed by atoms with E-state index in [1.807, 2.05) is 0 Å². The molecule has 0 fully saturated rings. The Bertz CT molecular complexity index is 962. The van der Waals surface area contributed by atoms with Crippen LogP contribution in [-0.4, -0.2) is 18.5 Å². The molecular formula is C22H17ClFNO4. The Balaban J connectivity index is 1.68. The van der Waals surface area contributed by atoms with Crippen molar-refractivity contribution >= 4 is 29.2 Å². The molecule has 0 aliphatic carbocycles. The van der Waals surface area contributed by atoms with E-state index in [1.54, 1.807) is 54.6 Å². The standard InChI is InChI=1S/C22H17ClFNO4/c23-16-6-12-19(13-7-16)28-14-20(26)29-21(15-4-2-1-3-5-15)22(27)25-18-10-8-17(24)9-11-18/h1-13,21H,14H2,(H,25,27)/t21-/m1/s1. The molecule has 3 aromatic rings. The highest BCUT2D eigenvalue weighted by molar-refractivity contribution is 6.30. The third-order valence-corrected chi connectivity index (χ3v) is 4.12. The lowest BCUT2D eigenvalue weighted by Crippen LogP contribution is -2.28. The van der Waals surface area contributed by atoms with Gasteiger partial charge < -0.3 is 14.8 Å². The Morgan fingerprint density at radius 3 is 2.24 bits per heavy atom. The third-order valence-electron chi connectivity index (χ3n) is 3.87. The number of esters is 1. The predicted octanol–water partition coefficient (Wildman–Crippen LogP) is 4.78. The molecule has 1 amide bonds. The minimum atomic E-state index is -1.19. The zero-order valence-electron chi connectivity index (χ0n) is 15.2. The fourth-order valence-corrected chi connectivity index (χ4v) is 2.61. The van der Waals surface area contributed by atoms with E-state index in [2.05, 4.69) is 5.32 Å². The largest absolute Gasteiger partial charge is 0.482 e. The number of ether oxygens (including phenoxy) is 2. The minimum Gasteiger partial charge on any atom is -0.482 e. The average Bonchev–Trinajstić information content (AvgIpc) is 2.74. The van der Waals surface area contributed by atoms with Crippen molar-refractivity contribution in [3.05, 3.63) is 95.3 Å². The molecule has 0 aliphatic rings. The lowest BCUT2D eigenvalue weighted by atomic mass is 10.1. The van der Waals surface area contributed by atoms with Crippen molar-refractivity contribution in [2.45, 2.75) is 6.10 Å². The summed E-state index contributed by atoms with van der Waals surface area (Å²) in [7, 11) is 0. The molecule has 1 atom stereocenters. The normalized spacial score (nSPS) is 11.4. The predicted molar refractivity (Wildman–Crippen MR) is 107 cm³/mol. The van der Waals surface area contributed by atoms with Crippen LogP contribution in [0.1, 0.15) is 11.7 Å². The maximum absolute atomic E-state index is 13.1. The van der Waals surface area contributed by atoms with Crippen LogP contribution >= 0.6 is 11.6 Å². The molecule has 0 spiro atoms. The molecule has 0 aromatic heterocycles. The van der Waals surface area contributed by atoms with Crippen molar-refractivity contribution in [3.63, 3.8) is 0 Å². The SMILES string of the molecule is O=C(COc1ccc(Cl)cc1)O[C@@H](C(=O)Nc1ccc(F)cc1)c1ccccc1. The van der Waals surface area contributed by atoms with Gasteiger partial charge in [0.15, 0.2) is 6.61 Å². The number of carbonyl (C=O) groups is 2. The Kier molecular flexibility index (Phi) is 6.81. The third kappa shape index (κ3) is 6.05. The van der Waals surface area contributed by atoms with Gasteiger partial charge in [-0.2, -0.15) is 0 Å². The van der Waals surface area contributed by atoms with Crippen LogP contribution in [0.2, 0.25) is 5.02 Å². The van der Waals surface area contributed by atoms with Crippen molar-refractivity contribution in [2.75, 3.05) is 11.9 Å². The summed E-state index contributed by atoms with van der Waals surface area (Å²) in [5.74, 6) is -1.27. The second-order valence-corrected chi connectivity index (χ2v) is 6.46. The first-order chi connectivity index (χ1) is 14.0. The van der Waals surface area contributed by atoms with E-state index in [0.29, 0.717) is 22.0 Å². The second-order valence-electron chi connectivity index (χ2n) is 6.02. The topological polar surface area (TPSA) is 64.6 Å². The van der Waals surface area contributed by atoms with Crippen LogP contribution in [0.4, 0.5) is 10.1 Å². The van der Waals surface area contributed by atoms with E-state index in [9.17, 15) is 14.0 Å². The first-order valence-electron chi connectivity index (χ1n) is 8.70. The van der Waals surface area contributed by atoms with Crippen LogP contribution < -0.4 is 10.1 Å². The molecule has 0 radical (unpaired) electrons. The van der Waals surface area contributed by atoms with E-state index >= 15 is 0 Å². The Labute approximate surface area is 172 Å². The molecule has 148 valence electrons. The van der Waals surface area contributed by atoms with Gasteiger partial charge in [-0.25, -0.2) is 9.18 Å². The van der Waals surface area contributed by atoms with Gasteiger partial charge in [0.1, 0.15) is 11.6 Å². The molecular weight excluding hydrogens is 397 g/mol. The zero-order valence-corrected chi connectivity index (χ0v) is 15.9. The van der Waals surface area contributed by atoms with Crippen molar-refractivity contribution < 1.29 is 23.5 Å². The number of hydrogen-bond donors (Lipinski definition) is 1. The summed E-state index contributed by atoms with van der Waals surface area (Å²) in [5.41, 5.74) is 0.873. The number of anilines is 1. The minimum absolute atomic E-state index is 0.380. The van der Waals surface area contributed by atoms with E-state index in [0.717, 1.165) is 0 Å². The molecule has 0 bridgehead atoms. The lowest BCUT2D eigenvalue weighted by molar-refractivity contribution is -0.156.